The van der Waals surface area contributed by atoms with Gasteiger partial charge in [-0.25, -0.2) is 4.98 Å². The van der Waals surface area contributed by atoms with E-state index >= 15 is 0 Å². The molecule has 0 spiro atoms. The van der Waals surface area contributed by atoms with Gasteiger partial charge >= 0.3 is 0 Å². The maximum absolute atomic E-state index is 10.8. The van der Waals surface area contributed by atoms with Crippen LogP contribution in [0.5, 0.6) is 5.75 Å². The third-order valence-electron chi connectivity index (χ3n) is 1.96. The summed E-state index contributed by atoms with van der Waals surface area (Å²) in [5, 5.41) is 0. The molecular weight excluding hydrogens is 182 g/mol. The molecule has 1 amide bonds. The Labute approximate surface area is 81.1 Å². The molecule has 14 heavy (non-hydrogen) atoms. The molecule has 1 aliphatic rings. The fourth-order valence-electron chi connectivity index (χ4n) is 1.06. The average Bonchev–Trinajstić information content (AvgIpc) is 2.92. The van der Waals surface area contributed by atoms with Crippen molar-refractivity contribution in [1.82, 2.24) is 4.98 Å². The summed E-state index contributed by atoms with van der Waals surface area (Å²) >= 11 is 0. The molecule has 4 N–H and O–H groups in total. The predicted molar refractivity (Wildman–Crippen MR) is 50.8 cm³/mol. The van der Waals surface area contributed by atoms with E-state index in [0.717, 1.165) is 12.8 Å². The first-order valence-corrected chi connectivity index (χ1v) is 4.40. The van der Waals surface area contributed by atoms with Gasteiger partial charge in [-0.1, -0.05) is 0 Å². The second-order valence-electron chi connectivity index (χ2n) is 3.26. The minimum Gasteiger partial charge on any atom is -0.487 e. The Morgan fingerprint density at radius 1 is 1.50 bits per heavy atom. The van der Waals surface area contributed by atoms with Crippen LogP contribution in [0.15, 0.2) is 12.1 Å². The molecule has 2 rings (SSSR count). The molecule has 0 aliphatic heterocycles. The summed E-state index contributed by atoms with van der Waals surface area (Å²) in [5.41, 5.74) is 10.8. The van der Waals surface area contributed by atoms with Crippen molar-refractivity contribution in [3.05, 3.63) is 17.8 Å². The molecule has 1 aliphatic carbocycles. The third-order valence-corrected chi connectivity index (χ3v) is 1.96. The van der Waals surface area contributed by atoms with Crippen LogP contribution in [0, 0.1) is 0 Å². The van der Waals surface area contributed by atoms with Gasteiger partial charge in [0.25, 0.3) is 5.91 Å². The van der Waals surface area contributed by atoms with Gasteiger partial charge in [-0.05, 0) is 25.0 Å². The summed E-state index contributed by atoms with van der Waals surface area (Å²) in [4.78, 5) is 14.6. The molecule has 1 fully saturated rings. The first-order valence-electron chi connectivity index (χ1n) is 4.40. The van der Waals surface area contributed by atoms with Crippen molar-refractivity contribution >= 4 is 11.7 Å². The van der Waals surface area contributed by atoms with Crippen LogP contribution in [0.2, 0.25) is 0 Å². The number of nitrogens with zero attached hydrogens (tertiary/aromatic N) is 1. The summed E-state index contributed by atoms with van der Waals surface area (Å²) in [5.74, 6) is 0.153. The van der Waals surface area contributed by atoms with Crippen LogP contribution in [0.4, 0.5) is 5.82 Å². The molecule has 1 heterocycles. The van der Waals surface area contributed by atoms with Crippen LogP contribution in [-0.4, -0.2) is 17.0 Å². The fraction of sp³-hybridized carbons (Fsp3) is 0.333. The summed E-state index contributed by atoms with van der Waals surface area (Å²) < 4.78 is 5.45. The van der Waals surface area contributed by atoms with Crippen LogP contribution in [0.3, 0.4) is 0 Å². The number of carbonyl (C=O) groups is 1. The first kappa shape index (κ1) is 8.80. The van der Waals surface area contributed by atoms with E-state index in [-0.39, 0.29) is 17.6 Å². The lowest BCUT2D eigenvalue weighted by Gasteiger charge is -2.06. The zero-order valence-electron chi connectivity index (χ0n) is 7.56. The Morgan fingerprint density at radius 2 is 2.21 bits per heavy atom. The van der Waals surface area contributed by atoms with Crippen molar-refractivity contribution in [1.29, 1.82) is 0 Å². The normalized spacial score (nSPS) is 15.1. The van der Waals surface area contributed by atoms with Crippen LogP contribution < -0.4 is 16.2 Å². The topological polar surface area (TPSA) is 91.2 Å². The predicted octanol–water partition coefficient (Wildman–Crippen LogP) is 0.304. The number of nitrogens with two attached hydrogens (primary N) is 2. The van der Waals surface area contributed by atoms with E-state index in [1.165, 1.54) is 6.07 Å². The molecular formula is C9H11N3O2. The Bertz CT molecular complexity index is 374. The van der Waals surface area contributed by atoms with Crippen molar-refractivity contribution in [2.24, 2.45) is 5.73 Å². The zero-order valence-corrected chi connectivity index (χ0v) is 7.56. The van der Waals surface area contributed by atoms with E-state index in [1.54, 1.807) is 6.07 Å². The Hall–Kier alpha value is -1.78. The molecule has 0 aromatic carbocycles. The highest BCUT2D eigenvalue weighted by Gasteiger charge is 2.24. The van der Waals surface area contributed by atoms with Crippen LogP contribution in [0.1, 0.15) is 23.3 Å². The van der Waals surface area contributed by atoms with Crippen molar-refractivity contribution in [3.63, 3.8) is 0 Å². The van der Waals surface area contributed by atoms with E-state index in [9.17, 15) is 4.79 Å². The van der Waals surface area contributed by atoms with E-state index in [4.69, 9.17) is 16.2 Å². The van der Waals surface area contributed by atoms with Gasteiger partial charge in [-0.3, -0.25) is 4.79 Å². The van der Waals surface area contributed by atoms with Gasteiger partial charge < -0.3 is 16.2 Å². The molecule has 5 nitrogen and oxygen atoms in total. The SMILES string of the molecule is NC(=O)c1ccc(OC2CC2)c(N)n1. The molecule has 0 bridgehead atoms. The molecule has 1 aromatic rings. The maximum atomic E-state index is 10.8. The largest absolute Gasteiger partial charge is 0.487 e. The molecule has 5 heteroatoms. The van der Waals surface area contributed by atoms with E-state index < -0.39 is 5.91 Å². The lowest BCUT2D eigenvalue weighted by Crippen LogP contribution is -2.14. The summed E-state index contributed by atoms with van der Waals surface area (Å²) in [6, 6.07) is 3.14. The third kappa shape index (κ3) is 1.76. The average molecular weight is 193 g/mol. The number of amides is 1. The summed E-state index contributed by atoms with van der Waals surface area (Å²) in [6.07, 6.45) is 2.37. The number of primary amides is 1. The van der Waals surface area contributed by atoms with Gasteiger partial charge in [0, 0.05) is 0 Å². The van der Waals surface area contributed by atoms with Crippen LogP contribution in [-0.2, 0) is 0 Å². The lowest BCUT2D eigenvalue weighted by molar-refractivity contribution is 0.0995. The van der Waals surface area contributed by atoms with Crippen LogP contribution >= 0.6 is 0 Å². The number of hydrogen-bond acceptors (Lipinski definition) is 4. The number of nitrogen functional groups attached to an aromatic ring is 1. The minimum atomic E-state index is -0.588. The number of ether oxygens (including phenoxy) is 1. The van der Waals surface area contributed by atoms with Gasteiger partial charge in [0.05, 0.1) is 6.10 Å². The van der Waals surface area contributed by atoms with Crippen molar-refractivity contribution in [2.75, 3.05) is 5.73 Å². The minimum absolute atomic E-state index is 0.158. The van der Waals surface area contributed by atoms with Crippen molar-refractivity contribution < 1.29 is 9.53 Å². The monoisotopic (exact) mass is 193 g/mol. The molecule has 74 valence electrons. The number of aromatic nitrogens is 1. The molecule has 0 unspecified atom stereocenters. The molecule has 0 atom stereocenters. The second-order valence-corrected chi connectivity index (χ2v) is 3.26. The molecule has 0 saturated heterocycles. The number of rotatable bonds is 3. The highest BCUT2D eigenvalue weighted by Crippen LogP contribution is 2.29. The highest BCUT2D eigenvalue weighted by molar-refractivity contribution is 5.91. The number of carbonyl (C=O) groups excluding carboxylic acids is 1. The molecule has 1 aromatic heterocycles. The number of pyridine rings is 1. The number of anilines is 1. The zero-order chi connectivity index (χ0) is 10.1. The smallest absolute Gasteiger partial charge is 0.267 e. The second kappa shape index (κ2) is 3.17. The van der Waals surface area contributed by atoms with E-state index in [1.807, 2.05) is 0 Å². The Balaban J connectivity index is 2.21. The van der Waals surface area contributed by atoms with E-state index in [2.05, 4.69) is 4.98 Å². The summed E-state index contributed by atoms with van der Waals surface area (Å²) in [6.45, 7) is 0. The van der Waals surface area contributed by atoms with Gasteiger partial charge in [0.15, 0.2) is 11.6 Å². The molecule has 0 radical (unpaired) electrons. The highest BCUT2D eigenvalue weighted by atomic mass is 16.5. The van der Waals surface area contributed by atoms with Gasteiger partial charge in [-0.15, -0.1) is 0 Å². The Kier molecular flexibility index (Phi) is 1.99. The van der Waals surface area contributed by atoms with Gasteiger partial charge in [0.1, 0.15) is 5.69 Å². The standard InChI is InChI=1S/C9H11N3O2/c10-8-7(14-5-1-2-5)4-3-6(12-8)9(11)13/h3-5H,1-2H2,(H2,10,12)(H2,11,13). The molecule has 1 saturated carbocycles. The maximum Gasteiger partial charge on any atom is 0.267 e. The first-order chi connectivity index (χ1) is 6.66. The quantitative estimate of drug-likeness (QED) is 0.722. The Morgan fingerprint density at radius 3 is 2.71 bits per heavy atom. The summed E-state index contributed by atoms with van der Waals surface area (Å²) in [7, 11) is 0. The fourth-order valence-corrected chi connectivity index (χ4v) is 1.06. The van der Waals surface area contributed by atoms with E-state index in [0.29, 0.717) is 5.75 Å². The van der Waals surface area contributed by atoms with Gasteiger partial charge in [-0.2, -0.15) is 0 Å². The number of hydrogen-bond donors (Lipinski definition) is 2. The van der Waals surface area contributed by atoms with Crippen molar-refractivity contribution in [2.45, 2.75) is 18.9 Å². The van der Waals surface area contributed by atoms with Gasteiger partial charge in [0.2, 0.25) is 0 Å². The van der Waals surface area contributed by atoms with Crippen LogP contribution in [0.25, 0.3) is 0 Å². The van der Waals surface area contributed by atoms with Crippen molar-refractivity contribution in [3.8, 4) is 5.75 Å². The lowest BCUT2D eigenvalue weighted by atomic mass is 10.3.